The molecule has 0 aliphatic carbocycles. The average molecular weight is 329 g/mol. The van der Waals surface area contributed by atoms with Crippen LogP contribution in [0, 0.1) is 0 Å². The van der Waals surface area contributed by atoms with Crippen LogP contribution in [0.3, 0.4) is 0 Å². The first-order chi connectivity index (χ1) is 8.97. The van der Waals surface area contributed by atoms with Gasteiger partial charge in [0.1, 0.15) is 5.75 Å². The molecule has 0 unspecified atom stereocenters. The second-order valence-electron chi connectivity index (χ2n) is 4.04. The molecule has 0 spiro atoms. The molecule has 0 aliphatic rings. The number of benzene rings is 1. The third-order valence-corrected chi connectivity index (χ3v) is 3.29. The van der Waals surface area contributed by atoms with Gasteiger partial charge in [-0.15, -0.1) is 0 Å². The summed E-state index contributed by atoms with van der Waals surface area (Å²) in [6, 6.07) is 5.13. The van der Waals surface area contributed by atoms with Gasteiger partial charge in [-0.2, -0.15) is 0 Å². The van der Waals surface area contributed by atoms with Crippen molar-refractivity contribution in [1.82, 2.24) is 4.90 Å². The molecule has 1 aromatic carbocycles. The van der Waals surface area contributed by atoms with Crippen LogP contribution in [0.15, 0.2) is 22.7 Å². The van der Waals surface area contributed by atoms with Crippen LogP contribution in [0.5, 0.6) is 5.75 Å². The molecule has 0 bridgehead atoms. The predicted molar refractivity (Wildman–Crippen MR) is 76.3 cm³/mol. The maximum absolute atomic E-state index is 12.1. The van der Waals surface area contributed by atoms with E-state index in [0.717, 1.165) is 4.47 Å². The lowest BCUT2D eigenvalue weighted by Gasteiger charge is -2.17. The summed E-state index contributed by atoms with van der Waals surface area (Å²) in [5.74, 6) is 0.165. The highest BCUT2D eigenvalue weighted by Crippen LogP contribution is 2.25. The topological polar surface area (TPSA) is 72.6 Å². The first-order valence-electron chi connectivity index (χ1n) is 5.85. The molecule has 1 aromatic rings. The van der Waals surface area contributed by atoms with Gasteiger partial charge >= 0.3 is 0 Å². The number of hydrogen-bond acceptors (Lipinski definition) is 4. The number of carbonyl (C=O) groups excluding carboxylic acids is 2. The number of primary amides is 1. The van der Waals surface area contributed by atoms with Crippen LogP contribution in [-0.4, -0.2) is 43.3 Å². The summed E-state index contributed by atoms with van der Waals surface area (Å²) in [4.78, 5) is 24.7. The van der Waals surface area contributed by atoms with Crippen molar-refractivity contribution in [3.05, 3.63) is 28.2 Å². The number of likely N-dealkylation sites (N-methyl/N-ethyl adjacent to an activating group) is 1. The highest BCUT2D eigenvalue weighted by atomic mass is 79.9. The first-order valence-corrected chi connectivity index (χ1v) is 6.64. The molecule has 0 saturated heterocycles. The van der Waals surface area contributed by atoms with Gasteiger partial charge in [0, 0.05) is 5.56 Å². The summed E-state index contributed by atoms with van der Waals surface area (Å²) in [5, 5.41) is 0. The number of carbonyl (C=O) groups is 2. The van der Waals surface area contributed by atoms with E-state index in [1.54, 1.807) is 30.2 Å². The monoisotopic (exact) mass is 328 g/mol. The number of hydrogen-bond donors (Lipinski definition) is 1. The maximum atomic E-state index is 12.1. The molecule has 0 aliphatic heterocycles. The largest absolute Gasteiger partial charge is 0.496 e. The molecular formula is C13H17BrN2O3. The maximum Gasteiger partial charge on any atom is 0.231 e. The van der Waals surface area contributed by atoms with Crippen molar-refractivity contribution in [2.75, 3.05) is 26.7 Å². The third kappa shape index (κ3) is 4.65. The lowest BCUT2D eigenvalue weighted by atomic mass is 10.1. The van der Waals surface area contributed by atoms with Crippen LogP contribution < -0.4 is 10.5 Å². The van der Waals surface area contributed by atoms with Gasteiger partial charge in [0.2, 0.25) is 5.91 Å². The fraction of sp³-hybridized carbons (Fsp3) is 0.385. The summed E-state index contributed by atoms with van der Waals surface area (Å²) in [7, 11) is 1.56. The number of ether oxygens (including phenoxy) is 1. The SMILES string of the molecule is CCN(CC(N)=O)CC(=O)c1ccc(OC)c(Br)c1. The van der Waals surface area contributed by atoms with Crippen molar-refractivity contribution in [3.8, 4) is 5.75 Å². The van der Waals surface area contributed by atoms with Crippen molar-refractivity contribution < 1.29 is 14.3 Å². The van der Waals surface area contributed by atoms with E-state index < -0.39 is 5.91 Å². The number of amides is 1. The Labute approximate surface area is 120 Å². The number of rotatable bonds is 7. The molecule has 0 atom stereocenters. The van der Waals surface area contributed by atoms with Gasteiger partial charge < -0.3 is 10.5 Å². The van der Waals surface area contributed by atoms with Crippen molar-refractivity contribution in [1.29, 1.82) is 0 Å². The molecule has 0 fully saturated rings. The Morgan fingerprint density at radius 3 is 2.53 bits per heavy atom. The first kappa shape index (κ1) is 15.7. The highest BCUT2D eigenvalue weighted by Gasteiger charge is 2.14. The summed E-state index contributed by atoms with van der Waals surface area (Å²) < 4.78 is 5.83. The molecule has 104 valence electrons. The van der Waals surface area contributed by atoms with Crippen molar-refractivity contribution in [3.63, 3.8) is 0 Å². The number of ketones is 1. The fourth-order valence-electron chi connectivity index (χ4n) is 1.63. The zero-order chi connectivity index (χ0) is 14.4. The summed E-state index contributed by atoms with van der Waals surface area (Å²) in [5.41, 5.74) is 5.69. The molecule has 0 saturated carbocycles. The van der Waals surface area contributed by atoms with Gasteiger partial charge in [0.25, 0.3) is 0 Å². The van der Waals surface area contributed by atoms with E-state index in [0.29, 0.717) is 17.9 Å². The number of nitrogens with zero attached hydrogens (tertiary/aromatic N) is 1. The number of methoxy groups -OCH3 is 1. The summed E-state index contributed by atoms with van der Waals surface area (Å²) >= 11 is 3.33. The summed E-state index contributed by atoms with van der Waals surface area (Å²) in [6.07, 6.45) is 0. The quantitative estimate of drug-likeness (QED) is 0.769. The molecule has 19 heavy (non-hydrogen) atoms. The van der Waals surface area contributed by atoms with Crippen LogP contribution in [0.4, 0.5) is 0 Å². The van der Waals surface area contributed by atoms with E-state index in [9.17, 15) is 9.59 Å². The molecule has 0 radical (unpaired) electrons. The Morgan fingerprint density at radius 2 is 2.05 bits per heavy atom. The minimum Gasteiger partial charge on any atom is -0.496 e. The van der Waals surface area contributed by atoms with Crippen LogP contribution in [0.1, 0.15) is 17.3 Å². The standard InChI is InChI=1S/C13H17BrN2O3/c1-3-16(8-13(15)18)7-11(17)9-4-5-12(19-2)10(14)6-9/h4-6H,3,7-8H2,1-2H3,(H2,15,18). The van der Waals surface area contributed by atoms with E-state index in [1.165, 1.54) is 0 Å². The Balaban J connectivity index is 2.77. The Bertz CT molecular complexity index is 477. The van der Waals surface area contributed by atoms with E-state index in [1.807, 2.05) is 6.92 Å². The lowest BCUT2D eigenvalue weighted by Crippen LogP contribution is -2.37. The van der Waals surface area contributed by atoms with Gasteiger partial charge in [-0.1, -0.05) is 6.92 Å². The molecule has 0 heterocycles. The van der Waals surface area contributed by atoms with Crippen LogP contribution in [-0.2, 0) is 4.79 Å². The Morgan fingerprint density at radius 1 is 1.37 bits per heavy atom. The summed E-state index contributed by atoms with van der Waals surface area (Å²) in [6.45, 7) is 2.71. The van der Waals surface area contributed by atoms with Crippen molar-refractivity contribution in [2.24, 2.45) is 5.73 Å². The van der Waals surface area contributed by atoms with E-state index in [2.05, 4.69) is 15.9 Å². The van der Waals surface area contributed by atoms with E-state index >= 15 is 0 Å². The van der Waals surface area contributed by atoms with E-state index in [-0.39, 0.29) is 18.9 Å². The second-order valence-corrected chi connectivity index (χ2v) is 4.90. The predicted octanol–water partition coefficient (Wildman–Crippen LogP) is 1.45. The molecular weight excluding hydrogens is 312 g/mol. The highest BCUT2D eigenvalue weighted by molar-refractivity contribution is 9.10. The van der Waals surface area contributed by atoms with Crippen LogP contribution in [0.2, 0.25) is 0 Å². The molecule has 5 nitrogen and oxygen atoms in total. The number of halogens is 1. The number of nitrogens with two attached hydrogens (primary N) is 1. The van der Waals surface area contributed by atoms with Gasteiger partial charge in [-0.05, 0) is 40.7 Å². The van der Waals surface area contributed by atoms with Gasteiger partial charge in [-0.25, -0.2) is 0 Å². The van der Waals surface area contributed by atoms with Crippen molar-refractivity contribution >= 4 is 27.6 Å². The average Bonchev–Trinajstić information content (AvgIpc) is 2.37. The smallest absolute Gasteiger partial charge is 0.231 e. The Kier molecular flexibility index (Phi) is 5.98. The zero-order valence-electron chi connectivity index (χ0n) is 11.0. The second kappa shape index (κ2) is 7.25. The molecule has 0 aromatic heterocycles. The molecule has 2 N–H and O–H groups in total. The fourth-order valence-corrected chi connectivity index (χ4v) is 2.17. The molecule has 1 rings (SSSR count). The lowest BCUT2D eigenvalue weighted by molar-refractivity contribution is -0.118. The molecule has 6 heteroatoms. The number of Topliss-reactive ketones (excluding diaryl/α,β-unsaturated/α-hetero) is 1. The Hall–Kier alpha value is -1.40. The minimum absolute atomic E-state index is 0.0635. The normalized spacial score (nSPS) is 10.5. The van der Waals surface area contributed by atoms with Crippen molar-refractivity contribution in [2.45, 2.75) is 6.92 Å². The van der Waals surface area contributed by atoms with Gasteiger partial charge in [0.15, 0.2) is 5.78 Å². The van der Waals surface area contributed by atoms with Crippen LogP contribution >= 0.6 is 15.9 Å². The minimum atomic E-state index is -0.439. The third-order valence-electron chi connectivity index (χ3n) is 2.67. The zero-order valence-corrected chi connectivity index (χ0v) is 12.6. The van der Waals surface area contributed by atoms with E-state index in [4.69, 9.17) is 10.5 Å². The van der Waals surface area contributed by atoms with Crippen LogP contribution in [0.25, 0.3) is 0 Å². The molecule has 1 amide bonds. The van der Waals surface area contributed by atoms with Gasteiger partial charge in [0.05, 0.1) is 24.7 Å². The van der Waals surface area contributed by atoms with Gasteiger partial charge in [-0.3, -0.25) is 14.5 Å².